The van der Waals surface area contributed by atoms with E-state index in [9.17, 15) is 9.18 Å². The first-order valence-corrected chi connectivity index (χ1v) is 9.69. The fraction of sp³-hybridized carbons (Fsp3) is 0.222. The van der Waals surface area contributed by atoms with Crippen LogP contribution in [0.1, 0.15) is 15.2 Å². The first-order chi connectivity index (χ1) is 12.9. The summed E-state index contributed by atoms with van der Waals surface area (Å²) in [7, 11) is 1.75. The molecule has 2 aromatic heterocycles. The quantitative estimate of drug-likeness (QED) is 0.572. The van der Waals surface area contributed by atoms with Crippen molar-refractivity contribution >= 4 is 52.9 Å². The van der Waals surface area contributed by atoms with Gasteiger partial charge < -0.3 is 11.1 Å². The van der Waals surface area contributed by atoms with E-state index in [2.05, 4.69) is 10.4 Å². The van der Waals surface area contributed by atoms with Crippen molar-refractivity contribution in [2.75, 3.05) is 6.54 Å². The molecule has 1 atom stereocenters. The number of rotatable bonds is 6. The molecule has 0 aliphatic carbocycles. The van der Waals surface area contributed by atoms with E-state index >= 15 is 0 Å². The van der Waals surface area contributed by atoms with Gasteiger partial charge in [0.25, 0.3) is 5.91 Å². The summed E-state index contributed by atoms with van der Waals surface area (Å²) < 4.78 is 15.4. The van der Waals surface area contributed by atoms with Gasteiger partial charge in [0.2, 0.25) is 0 Å². The summed E-state index contributed by atoms with van der Waals surface area (Å²) in [5.74, 6) is -0.615. The highest BCUT2D eigenvalue weighted by molar-refractivity contribution is 7.18. The predicted octanol–water partition coefficient (Wildman–Crippen LogP) is 4.32. The van der Waals surface area contributed by atoms with Crippen molar-refractivity contribution in [1.82, 2.24) is 15.1 Å². The Morgan fingerprint density at radius 2 is 2.14 bits per heavy atom. The molecule has 0 spiro atoms. The molecule has 0 aliphatic rings. The van der Waals surface area contributed by atoms with Crippen LogP contribution in [0, 0.1) is 5.82 Å². The average Bonchev–Trinajstić information content (AvgIpc) is 3.16. The highest BCUT2D eigenvalue weighted by atomic mass is 35.5. The van der Waals surface area contributed by atoms with Crippen LogP contribution < -0.4 is 11.1 Å². The molecule has 0 saturated heterocycles. The summed E-state index contributed by atoms with van der Waals surface area (Å²) in [6, 6.07) is 7.58. The third-order valence-corrected chi connectivity index (χ3v) is 5.68. The molecule has 3 N–H and O–H groups in total. The van der Waals surface area contributed by atoms with Gasteiger partial charge in [-0.3, -0.25) is 9.48 Å². The number of thiophene rings is 1. The third kappa shape index (κ3) is 5.04. The summed E-state index contributed by atoms with van der Waals surface area (Å²) in [5, 5.41) is 7.42. The molecule has 0 aliphatic heterocycles. The van der Waals surface area contributed by atoms with Crippen molar-refractivity contribution in [3.63, 3.8) is 0 Å². The molecule has 0 unspecified atom stereocenters. The van der Waals surface area contributed by atoms with Gasteiger partial charge in [-0.2, -0.15) is 5.10 Å². The Morgan fingerprint density at radius 3 is 2.75 bits per heavy atom. The van der Waals surface area contributed by atoms with Gasteiger partial charge in [-0.15, -0.1) is 23.7 Å². The van der Waals surface area contributed by atoms with Crippen LogP contribution in [0.3, 0.4) is 0 Å². The topological polar surface area (TPSA) is 72.9 Å². The Labute approximate surface area is 182 Å². The number of aryl methyl sites for hydroxylation is 1. The number of carbonyl (C=O) groups is 1. The Morgan fingerprint density at radius 1 is 1.39 bits per heavy atom. The minimum Gasteiger partial charge on any atom is -0.347 e. The molecular formula is C18H18Cl3FN4OS. The van der Waals surface area contributed by atoms with Gasteiger partial charge in [0.1, 0.15) is 10.2 Å². The highest BCUT2D eigenvalue weighted by Crippen LogP contribution is 2.38. The number of nitrogens with two attached hydrogens (primary N) is 1. The molecule has 0 fully saturated rings. The SMILES string of the molecule is Cl.Cn1ncc(Cl)c1-c1cc(C(=O)N[C@@H](CN)Cc2cccc(F)c2)sc1Cl. The van der Waals surface area contributed by atoms with Gasteiger partial charge in [-0.1, -0.05) is 35.3 Å². The minimum absolute atomic E-state index is 0. The van der Waals surface area contributed by atoms with Crippen molar-refractivity contribution in [3.05, 3.63) is 62.1 Å². The number of hydrogen-bond donors (Lipinski definition) is 2. The fourth-order valence-electron chi connectivity index (χ4n) is 2.75. The smallest absolute Gasteiger partial charge is 0.261 e. The van der Waals surface area contributed by atoms with E-state index in [0.717, 1.165) is 16.9 Å². The lowest BCUT2D eigenvalue weighted by Crippen LogP contribution is -2.41. The zero-order valence-corrected chi connectivity index (χ0v) is 17.9. The number of benzene rings is 1. The van der Waals surface area contributed by atoms with Crippen LogP contribution in [0.15, 0.2) is 36.5 Å². The van der Waals surface area contributed by atoms with Crippen LogP contribution >= 0.6 is 46.9 Å². The number of amides is 1. The highest BCUT2D eigenvalue weighted by Gasteiger charge is 2.21. The number of aromatic nitrogens is 2. The average molecular weight is 464 g/mol. The fourth-order valence-corrected chi connectivity index (χ4v) is 4.20. The molecule has 2 heterocycles. The van der Waals surface area contributed by atoms with Gasteiger partial charge in [-0.25, -0.2) is 4.39 Å². The van der Waals surface area contributed by atoms with E-state index in [0.29, 0.717) is 31.9 Å². The monoisotopic (exact) mass is 462 g/mol. The van der Waals surface area contributed by atoms with Gasteiger partial charge in [0.15, 0.2) is 0 Å². The molecule has 1 amide bonds. The number of carbonyl (C=O) groups excluding carboxylic acids is 1. The van der Waals surface area contributed by atoms with Crippen molar-refractivity contribution in [2.24, 2.45) is 12.8 Å². The Balaban J connectivity index is 0.00000280. The molecule has 0 bridgehead atoms. The molecule has 28 heavy (non-hydrogen) atoms. The number of nitrogens with zero attached hydrogens (tertiary/aromatic N) is 2. The molecule has 5 nitrogen and oxygen atoms in total. The maximum Gasteiger partial charge on any atom is 0.261 e. The van der Waals surface area contributed by atoms with E-state index in [-0.39, 0.29) is 36.7 Å². The van der Waals surface area contributed by atoms with Crippen molar-refractivity contribution < 1.29 is 9.18 Å². The largest absolute Gasteiger partial charge is 0.347 e. The zero-order valence-electron chi connectivity index (χ0n) is 14.8. The molecule has 3 rings (SSSR count). The zero-order chi connectivity index (χ0) is 19.6. The van der Waals surface area contributed by atoms with Gasteiger partial charge >= 0.3 is 0 Å². The molecule has 1 aromatic carbocycles. The van der Waals surface area contributed by atoms with Crippen LogP contribution in [0.25, 0.3) is 11.3 Å². The van der Waals surface area contributed by atoms with E-state index in [1.807, 2.05) is 0 Å². The lowest BCUT2D eigenvalue weighted by Gasteiger charge is -2.16. The molecular weight excluding hydrogens is 446 g/mol. The molecule has 150 valence electrons. The first-order valence-electron chi connectivity index (χ1n) is 8.11. The molecule has 0 radical (unpaired) electrons. The predicted molar refractivity (Wildman–Crippen MR) is 114 cm³/mol. The van der Waals surface area contributed by atoms with Gasteiger partial charge in [0, 0.05) is 25.2 Å². The van der Waals surface area contributed by atoms with E-state index in [1.165, 1.54) is 18.3 Å². The summed E-state index contributed by atoms with van der Waals surface area (Å²) >= 11 is 13.6. The molecule has 10 heteroatoms. The van der Waals surface area contributed by atoms with Crippen LogP contribution in [0.2, 0.25) is 9.36 Å². The number of halogens is 4. The standard InChI is InChI=1S/C18H17Cl2FN4OS.ClH/c1-25-16(14(19)9-23-25)13-7-15(27-17(13)20)18(26)24-12(8-22)6-10-3-2-4-11(21)5-10;/h2-5,7,9,12H,6,8,22H2,1H3,(H,24,26);1H/t12-;/m1./s1. The van der Waals surface area contributed by atoms with Gasteiger partial charge in [-0.05, 0) is 30.2 Å². The summed E-state index contributed by atoms with van der Waals surface area (Å²) in [4.78, 5) is 13.1. The maximum absolute atomic E-state index is 13.3. The molecule has 0 saturated carbocycles. The van der Waals surface area contributed by atoms with Crippen LogP contribution in [0.5, 0.6) is 0 Å². The third-order valence-electron chi connectivity index (χ3n) is 4.05. The first kappa shape index (κ1) is 22.6. The van der Waals surface area contributed by atoms with E-state index in [1.54, 1.807) is 29.9 Å². The van der Waals surface area contributed by atoms with Crippen LogP contribution in [-0.4, -0.2) is 28.3 Å². The van der Waals surface area contributed by atoms with Crippen molar-refractivity contribution in [3.8, 4) is 11.3 Å². The van der Waals surface area contributed by atoms with Gasteiger partial charge in [0.05, 0.1) is 21.8 Å². The van der Waals surface area contributed by atoms with E-state index in [4.69, 9.17) is 28.9 Å². The van der Waals surface area contributed by atoms with E-state index < -0.39 is 0 Å². The summed E-state index contributed by atoms with van der Waals surface area (Å²) in [6.45, 7) is 0.224. The Kier molecular flexibility index (Phi) is 7.86. The van der Waals surface area contributed by atoms with Crippen LogP contribution in [-0.2, 0) is 13.5 Å². The minimum atomic E-state index is -0.330. The van der Waals surface area contributed by atoms with Crippen LogP contribution in [0.4, 0.5) is 4.39 Å². The number of hydrogen-bond acceptors (Lipinski definition) is 4. The maximum atomic E-state index is 13.3. The second kappa shape index (κ2) is 9.71. The normalized spacial score (nSPS) is 11.8. The summed E-state index contributed by atoms with van der Waals surface area (Å²) in [6.07, 6.45) is 1.95. The Hall–Kier alpha value is -1.64. The lowest BCUT2D eigenvalue weighted by molar-refractivity contribution is 0.0942. The number of nitrogens with one attached hydrogen (secondary N) is 1. The van der Waals surface area contributed by atoms with Crippen molar-refractivity contribution in [1.29, 1.82) is 0 Å². The summed E-state index contributed by atoms with van der Waals surface area (Å²) in [5.41, 5.74) is 7.83. The van der Waals surface area contributed by atoms with Crippen molar-refractivity contribution in [2.45, 2.75) is 12.5 Å². The Bertz CT molecular complexity index is 956. The second-order valence-electron chi connectivity index (χ2n) is 6.00. The second-order valence-corrected chi connectivity index (χ2v) is 8.06. The molecule has 3 aromatic rings. The lowest BCUT2D eigenvalue weighted by atomic mass is 10.1.